The molecule has 0 bridgehead atoms. The van der Waals surface area contributed by atoms with Crippen LogP contribution in [0.2, 0.25) is 0 Å². The van der Waals surface area contributed by atoms with Crippen molar-refractivity contribution in [3.63, 3.8) is 0 Å². The van der Waals surface area contributed by atoms with Crippen molar-refractivity contribution in [2.45, 2.75) is 33.0 Å². The van der Waals surface area contributed by atoms with Crippen LogP contribution in [0.25, 0.3) is 0 Å². The van der Waals surface area contributed by atoms with E-state index in [0.29, 0.717) is 18.3 Å². The van der Waals surface area contributed by atoms with Crippen LogP contribution >= 0.6 is 0 Å². The van der Waals surface area contributed by atoms with Crippen LogP contribution in [-0.2, 0) is 22.7 Å². The van der Waals surface area contributed by atoms with Gasteiger partial charge in [-0.15, -0.1) is 0 Å². The molecule has 120 valence electrons. The Morgan fingerprint density at radius 2 is 1.96 bits per heavy atom. The first kappa shape index (κ1) is 15.2. The molecule has 1 aliphatic heterocycles. The van der Waals surface area contributed by atoms with Gasteiger partial charge in [-0.3, -0.25) is 9.59 Å². The molecule has 23 heavy (non-hydrogen) atoms. The van der Waals surface area contributed by atoms with Crippen molar-refractivity contribution in [3.05, 3.63) is 47.6 Å². The highest BCUT2D eigenvalue weighted by Crippen LogP contribution is 2.17. The van der Waals surface area contributed by atoms with Crippen molar-refractivity contribution in [1.82, 2.24) is 19.9 Å². The highest BCUT2D eigenvalue weighted by molar-refractivity contribution is 5.94. The van der Waals surface area contributed by atoms with Gasteiger partial charge in [-0.05, 0) is 12.5 Å². The lowest BCUT2D eigenvalue weighted by Gasteiger charge is -2.38. The summed E-state index contributed by atoms with van der Waals surface area (Å²) in [5, 5.41) is 3.79. The minimum atomic E-state index is -0.543. The summed E-state index contributed by atoms with van der Waals surface area (Å²) in [7, 11) is 0. The van der Waals surface area contributed by atoms with Crippen LogP contribution in [0.4, 0.5) is 0 Å². The zero-order valence-corrected chi connectivity index (χ0v) is 13.1. The summed E-state index contributed by atoms with van der Waals surface area (Å²) in [6.45, 7) is 4.09. The van der Waals surface area contributed by atoms with E-state index in [0.717, 1.165) is 5.56 Å². The minimum Gasteiger partial charge on any atom is -0.340 e. The molecular weight excluding hydrogens is 296 g/mol. The quantitative estimate of drug-likeness (QED) is 0.845. The maximum absolute atomic E-state index is 12.5. The Bertz CT molecular complexity index is 713. The van der Waals surface area contributed by atoms with Gasteiger partial charge in [0.15, 0.2) is 5.82 Å². The van der Waals surface area contributed by atoms with Crippen molar-refractivity contribution in [2.24, 2.45) is 0 Å². The van der Waals surface area contributed by atoms with Crippen molar-refractivity contribution in [3.8, 4) is 0 Å². The van der Waals surface area contributed by atoms with Crippen molar-refractivity contribution in [2.75, 3.05) is 6.54 Å². The first-order valence-electron chi connectivity index (χ1n) is 7.46. The maximum atomic E-state index is 12.5. The van der Waals surface area contributed by atoms with E-state index in [1.165, 1.54) is 4.90 Å². The summed E-state index contributed by atoms with van der Waals surface area (Å²) in [6.07, 6.45) is 0. The van der Waals surface area contributed by atoms with Gasteiger partial charge in [0.2, 0.25) is 17.7 Å². The van der Waals surface area contributed by atoms with Crippen molar-refractivity contribution < 1.29 is 14.1 Å². The highest BCUT2D eigenvalue weighted by Gasteiger charge is 2.37. The second-order valence-corrected chi connectivity index (χ2v) is 5.61. The molecule has 7 nitrogen and oxygen atoms in total. The normalized spacial score (nSPS) is 18.6. The molecule has 2 amide bonds. The average molecular weight is 314 g/mol. The lowest BCUT2D eigenvalue weighted by atomic mass is 10.1. The molecule has 1 atom stereocenters. The summed E-state index contributed by atoms with van der Waals surface area (Å²) in [4.78, 5) is 32.1. The molecule has 0 radical (unpaired) electrons. The van der Waals surface area contributed by atoms with Gasteiger partial charge in [0.05, 0.1) is 6.54 Å². The minimum absolute atomic E-state index is 0.0644. The van der Waals surface area contributed by atoms with Crippen LogP contribution < -0.4 is 0 Å². The lowest BCUT2D eigenvalue weighted by Crippen LogP contribution is -2.58. The highest BCUT2D eigenvalue weighted by atomic mass is 16.5. The van der Waals surface area contributed by atoms with Gasteiger partial charge in [-0.2, -0.15) is 4.98 Å². The summed E-state index contributed by atoms with van der Waals surface area (Å²) in [6, 6.07) is 9.09. The fourth-order valence-corrected chi connectivity index (χ4v) is 2.67. The number of aromatic nitrogens is 2. The van der Waals surface area contributed by atoms with E-state index >= 15 is 0 Å². The zero-order chi connectivity index (χ0) is 16.4. The molecule has 0 saturated carbocycles. The van der Waals surface area contributed by atoms with E-state index in [4.69, 9.17) is 4.52 Å². The first-order valence-corrected chi connectivity index (χ1v) is 7.46. The Morgan fingerprint density at radius 3 is 2.61 bits per heavy atom. The summed E-state index contributed by atoms with van der Waals surface area (Å²) < 4.78 is 4.91. The van der Waals surface area contributed by atoms with E-state index in [-0.39, 0.29) is 24.9 Å². The van der Waals surface area contributed by atoms with E-state index in [9.17, 15) is 9.59 Å². The summed E-state index contributed by atoms with van der Waals surface area (Å²) in [5.74, 6) is 0.658. The fourth-order valence-electron chi connectivity index (χ4n) is 2.67. The third-order valence-corrected chi connectivity index (χ3v) is 3.88. The number of amides is 2. The summed E-state index contributed by atoms with van der Waals surface area (Å²) >= 11 is 0. The molecule has 1 aromatic carbocycles. The maximum Gasteiger partial charge on any atom is 0.245 e. The van der Waals surface area contributed by atoms with Crippen LogP contribution in [0, 0.1) is 6.92 Å². The second kappa shape index (κ2) is 6.20. The standard InChI is InChI=1S/C16H18N4O3/c1-11-16(22)19(8-13-6-4-3-5-7-13)10-15(21)20(11)9-14-17-12(2)23-18-14/h3-7,11H,8-10H2,1-2H3/t11-/m0/s1. The number of hydrogen-bond donors (Lipinski definition) is 0. The molecule has 2 heterocycles. The Hall–Kier alpha value is -2.70. The molecule has 1 saturated heterocycles. The molecule has 7 heteroatoms. The number of rotatable bonds is 4. The zero-order valence-electron chi connectivity index (χ0n) is 13.1. The molecule has 0 N–H and O–H groups in total. The van der Waals surface area contributed by atoms with Crippen LogP contribution in [0.15, 0.2) is 34.9 Å². The molecule has 0 spiro atoms. The van der Waals surface area contributed by atoms with Gasteiger partial charge >= 0.3 is 0 Å². The van der Waals surface area contributed by atoms with Gasteiger partial charge in [-0.25, -0.2) is 0 Å². The second-order valence-electron chi connectivity index (χ2n) is 5.61. The third kappa shape index (κ3) is 3.23. The Balaban J connectivity index is 1.71. The molecule has 2 aromatic rings. The third-order valence-electron chi connectivity index (χ3n) is 3.88. The smallest absolute Gasteiger partial charge is 0.245 e. The first-order chi connectivity index (χ1) is 11.0. The van der Waals surface area contributed by atoms with Crippen LogP contribution in [0.3, 0.4) is 0 Å². The molecule has 1 fully saturated rings. The number of carbonyl (C=O) groups excluding carboxylic acids is 2. The van der Waals surface area contributed by atoms with Gasteiger partial charge in [0.1, 0.15) is 12.6 Å². The monoisotopic (exact) mass is 314 g/mol. The fraction of sp³-hybridized carbons (Fsp3) is 0.375. The number of hydrogen-bond acceptors (Lipinski definition) is 5. The van der Waals surface area contributed by atoms with Crippen molar-refractivity contribution in [1.29, 1.82) is 0 Å². The van der Waals surface area contributed by atoms with E-state index in [1.807, 2.05) is 30.3 Å². The molecular formula is C16H18N4O3. The van der Waals surface area contributed by atoms with Crippen LogP contribution in [0.5, 0.6) is 0 Å². The van der Waals surface area contributed by atoms with E-state index in [2.05, 4.69) is 10.1 Å². The molecule has 3 rings (SSSR count). The number of piperazine rings is 1. The van der Waals surface area contributed by atoms with Gasteiger partial charge in [0, 0.05) is 13.5 Å². The Labute approximate surface area is 133 Å². The largest absolute Gasteiger partial charge is 0.340 e. The van der Waals surface area contributed by atoms with Crippen molar-refractivity contribution >= 4 is 11.8 Å². The van der Waals surface area contributed by atoms with E-state index < -0.39 is 6.04 Å². The SMILES string of the molecule is Cc1nc(CN2C(=O)CN(Cc3ccccc3)C(=O)[C@@H]2C)no1. The Morgan fingerprint density at radius 1 is 1.22 bits per heavy atom. The average Bonchev–Trinajstić information content (AvgIpc) is 2.95. The summed E-state index contributed by atoms with van der Waals surface area (Å²) in [5.41, 5.74) is 1.00. The van der Waals surface area contributed by atoms with Gasteiger partial charge in [-0.1, -0.05) is 35.5 Å². The molecule has 0 unspecified atom stereocenters. The number of aryl methyl sites for hydroxylation is 1. The van der Waals surface area contributed by atoms with Crippen LogP contribution in [-0.4, -0.2) is 44.3 Å². The molecule has 1 aliphatic rings. The lowest BCUT2D eigenvalue weighted by molar-refractivity contribution is -0.156. The Kier molecular flexibility index (Phi) is 4.10. The number of benzene rings is 1. The topological polar surface area (TPSA) is 79.5 Å². The van der Waals surface area contributed by atoms with Crippen LogP contribution in [0.1, 0.15) is 24.2 Å². The number of carbonyl (C=O) groups is 2. The van der Waals surface area contributed by atoms with Gasteiger partial charge < -0.3 is 14.3 Å². The molecule has 0 aliphatic carbocycles. The molecule has 1 aromatic heterocycles. The predicted molar refractivity (Wildman–Crippen MR) is 80.9 cm³/mol. The predicted octanol–water partition coefficient (Wildman–Crippen LogP) is 1.14. The van der Waals surface area contributed by atoms with Gasteiger partial charge in [0.25, 0.3) is 0 Å². The van der Waals surface area contributed by atoms with E-state index in [1.54, 1.807) is 18.7 Å². The number of nitrogens with zero attached hydrogens (tertiary/aromatic N) is 4.